The SMILES string of the molecule is CN(C)C(=O)c1cccc(CCN[C@H]2CCC[C@@H]2CCc2ccccc2)c1. The third-order valence-corrected chi connectivity index (χ3v) is 5.71. The molecule has 0 radical (unpaired) electrons. The number of carbonyl (C=O) groups is 1. The first-order valence-corrected chi connectivity index (χ1v) is 10.2. The van der Waals surface area contributed by atoms with Crippen LogP contribution in [0.15, 0.2) is 54.6 Å². The number of benzene rings is 2. The number of hydrogen-bond donors (Lipinski definition) is 1. The zero-order valence-corrected chi connectivity index (χ0v) is 16.7. The minimum atomic E-state index is 0.0709. The molecule has 0 aromatic heterocycles. The summed E-state index contributed by atoms with van der Waals surface area (Å²) in [5.41, 5.74) is 3.46. The average molecular weight is 365 g/mol. The summed E-state index contributed by atoms with van der Waals surface area (Å²) in [7, 11) is 3.60. The van der Waals surface area contributed by atoms with Crippen LogP contribution in [0.1, 0.15) is 47.2 Å². The summed E-state index contributed by atoms with van der Waals surface area (Å²) in [4.78, 5) is 13.8. The first-order valence-electron chi connectivity index (χ1n) is 10.2. The van der Waals surface area contributed by atoms with Gasteiger partial charge in [0.2, 0.25) is 0 Å². The van der Waals surface area contributed by atoms with E-state index in [-0.39, 0.29) is 5.91 Å². The summed E-state index contributed by atoms with van der Waals surface area (Å²) in [6, 6.07) is 19.5. The predicted octanol–water partition coefficient (Wildman–Crippen LogP) is 4.32. The molecule has 3 nitrogen and oxygen atoms in total. The summed E-state index contributed by atoms with van der Waals surface area (Å²) in [5.74, 6) is 0.855. The lowest BCUT2D eigenvalue weighted by molar-refractivity contribution is 0.0827. The molecule has 1 amide bonds. The molecule has 0 heterocycles. The Morgan fingerprint density at radius 2 is 1.78 bits per heavy atom. The number of rotatable bonds is 8. The fourth-order valence-corrected chi connectivity index (χ4v) is 4.17. The van der Waals surface area contributed by atoms with Crippen molar-refractivity contribution < 1.29 is 4.79 Å². The summed E-state index contributed by atoms with van der Waals surface area (Å²) in [6.45, 7) is 0.978. The van der Waals surface area contributed by atoms with Crippen LogP contribution in [0, 0.1) is 5.92 Å². The van der Waals surface area contributed by atoms with Gasteiger partial charge in [-0.3, -0.25) is 4.79 Å². The molecular formula is C24H32N2O. The van der Waals surface area contributed by atoms with Crippen molar-refractivity contribution in [1.82, 2.24) is 10.2 Å². The number of amides is 1. The van der Waals surface area contributed by atoms with Crippen LogP contribution in [-0.4, -0.2) is 37.5 Å². The van der Waals surface area contributed by atoms with E-state index in [0.717, 1.165) is 24.4 Å². The first-order chi connectivity index (χ1) is 13.1. The highest BCUT2D eigenvalue weighted by atomic mass is 16.2. The van der Waals surface area contributed by atoms with Crippen LogP contribution in [0.4, 0.5) is 0 Å². The fourth-order valence-electron chi connectivity index (χ4n) is 4.17. The van der Waals surface area contributed by atoms with Crippen LogP contribution < -0.4 is 5.32 Å². The molecular weight excluding hydrogens is 332 g/mol. The van der Waals surface area contributed by atoms with Gasteiger partial charge < -0.3 is 10.2 Å². The minimum absolute atomic E-state index is 0.0709. The molecule has 2 aromatic rings. The first kappa shape index (κ1) is 19.6. The lowest BCUT2D eigenvalue weighted by Crippen LogP contribution is -2.34. The Morgan fingerprint density at radius 1 is 1.00 bits per heavy atom. The second-order valence-electron chi connectivity index (χ2n) is 7.93. The van der Waals surface area contributed by atoms with Crippen molar-refractivity contribution in [1.29, 1.82) is 0 Å². The fraction of sp³-hybridized carbons (Fsp3) is 0.458. The van der Waals surface area contributed by atoms with Crippen LogP contribution in [0.2, 0.25) is 0 Å². The van der Waals surface area contributed by atoms with Gasteiger partial charge in [0.15, 0.2) is 0 Å². The number of carbonyl (C=O) groups excluding carboxylic acids is 1. The molecule has 1 N–H and O–H groups in total. The van der Waals surface area contributed by atoms with E-state index < -0.39 is 0 Å². The average Bonchev–Trinajstić information content (AvgIpc) is 3.14. The zero-order valence-electron chi connectivity index (χ0n) is 16.7. The van der Waals surface area contributed by atoms with E-state index in [2.05, 4.69) is 41.7 Å². The van der Waals surface area contributed by atoms with Crippen LogP contribution in [0.5, 0.6) is 0 Å². The highest BCUT2D eigenvalue weighted by Gasteiger charge is 2.26. The van der Waals surface area contributed by atoms with Gasteiger partial charge in [0.1, 0.15) is 0 Å². The van der Waals surface area contributed by atoms with E-state index in [1.165, 1.54) is 43.2 Å². The number of nitrogens with zero attached hydrogens (tertiary/aromatic N) is 1. The third-order valence-electron chi connectivity index (χ3n) is 5.71. The van der Waals surface area contributed by atoms with Crippen molar-refractivity contribution in [2.24, 2.45) is 5.92 Å². The molecule has 1 aliphatic carbocycles. The molecule has 0 unspecified atom stereocenters. The Balaban J connectivity index is 1.46. The lowest BCUT2D eigenvalue weighted by atomic mass is 9.95. The van der Waals surface area contributed by atoms with Crippen LogP contribution in [-0.2, 0) is 12.8 Å². The van der Waals surface area contributed by atoms with Gasteiger partial charge in [0.25, 0.3) is 5.91 Å². The standard InChI is InChI=1S/C24H32N2O/c1-26(2)24(27)22-12-6-10-20(18-22)16-17-25-23-13-7-11-21(23)15-14-19-8-4-3-5-9-19/h3-6,8-10,12,18,21,23,25H,7,11,13-17H2,1-2H3/t21-,23+/m1/s1. The molecule has 0 saturated heterocycles. The summed E-state index contributed by atoms with van der Waals surface area (Å²) in [5, 5.41) is 3.79. The normalized spacial score (nSPS) is 19.2. The van der Waals surface area contributed by atoms with E-state index in [0.29, 0.717) is 6.04 Å². The van der Waals surface area contributed by atoms with Gasteiger partial charge in [0.05, 0.1) is 0 Å². The summed E-state index contributed by atoms with van der Waals surface area (Å²) >= 11 is 0. The molecule has 144 valence electrons. The van der Waals surface area contributed by atoms with E-state index in [9.17, 15) is 4.79 Å². The third kappa shape index (κ3) is 5.67. The van der Waals surface area contributed by atoms with Crippen molar-refractivity contribution in [2.45, 2.75) is 44.6 Å². The summed E-state index contributed by atoms with van der Waals surface area (Å²) < 4.78 is 0. The molecule has 0 aliphatic heterocycles. The van der Waals surface area contributed by atoms with E-state index >= 15 is 0 Å². The van der Waals surface area contributed by atoms with E-state index in [1.54, 1.807) is 19.0 Å². The van der Waals surface area contributed by atoms with Gasteiger partial charge >= 0.3 is 0 Å². The van der Waals surface area contributed by atoms with Crippen molar-refractivity contribution in [3.63, 3.8) is 0 Å². The molecule has 1 fully saturated rings. The Hall–Kier alpha value is -2.13. The molecule has 3 heteroatoms. The van der Waals surface area contributed by atoms with Crippen molar-refractivity contribution in [2.75, 3.05) is 20.6 Å². The van der Waals surface area contributed by atoms with Crippen LogP contribution >= 0.6 is 0 Å². The molecule has 1 aliphatic rings. The van der Waals surface area contributed by atoms with Crippen molar-refractivity contribution in [3.8, 4) is 0 Å². The molecule has 2 atom stereocenters. The second-order valence-corrected chi connectivity index (χ2v) is 7.93. The maximum atomic E-state index is 12.1. The molecule has 27 heavy (non-hydrogen) atoms. The van der Waals surface area contributed by atoms with E-state index in [1.807, 2.05) is 18.2 Å². The zero-order chi connectivity index (χ0) is 19.1. The molecule has 3 rings (SSSR count). The molecule has 1 saturated carbocycles. The maximum Gasteiger partial charge on any atom is 0.253 e. The number of aryl methyl sites for hydroxylation is 1. The predicted molar refractivity (Wildman–Crippen MR) is 112 cm³/mol. The minimum Gasteiger partial charge on any atom is -0.345 e. The van der Waals surface area contributed by atoms with Gasteiger partial charge in [0, 0.05) is 25.7 Å². The quantitative estimate of drug-likeness (QED) is 0.756. The van der Waals surface area contributed by atoms with Crippen LogP contribution in [0.25, 0.3) is 0 Å². The van der Waals surface area contributed by atoms with Gasteiger partial charge in [-0.05, 0) is 67.8 Å². The van der Waals surface area contributed by atoms with Crippen LogP contribution in [0.3, 0.4) is 0 Å². The highest BCUT2D eigenvalue weighted by Crippen LogP contribution is 2.29. The smallest absolute Gasteiger partial charge is 0.253 e. The van der Waals surface area contributed by atoms with Crippen molar-refractivity contribution >= 4 is 5.91 Å². The largest absolute Gasteiger partial charge is 0.345 e. The number of hydrogen-bond acceptors (Lipinski definition) is 2. The Labute approximate surface area is 163 Å². The van der Waals surface area contributed by atoms with Gasteiger partial charge in [-0.1, -0.05) is 48.9 Å². The highest BCUT2D eigenvalue weighted by molar-refractivity contribution is 5.94. The van der Waals surface area contributed by atoms with E-state index in [4.69, 9.17) is 0 Å². The maximum absolute atomic E-state index is 12.1. The Morgan fingerprint density at radius 3 is 2.56 bits per heavy atom. The molecule has 0 spiro atoms. The Kier molecular flexibility index (Phi) is 7.05. The molecule has 2 aromatic carbocycles. The second kappa shape index (κ2) is 9.70. The topological polar surface area (TPSA) is 32.3 Å². The van der Waals surface area contributed by atoms with Gasteiger partial charge in [-0.25, -0.2) is 0 Å². The van der Waals surface area contributed by atoms with Gasteiger partial charge in [-0.15, -0.1) is 0 Å². The van der Waals surface area contributed by atoms with Gasteiger partial charge in [-0.2, -0.15) is 0 Å². The molecule has 0 bridgehead atoms. The Bertz CT molecular complexity index is 726. The monoisotopic (exact) mass is 364 g/mol. The number of nitrogens with one attached hydrogen (secondary N) is 1. The summed E-state index contributed by atoms with van der Waals surface area (Å²) in [6.07, 6.45) is 7.39. The lowest BCUT2D eigenvalue weighted by Gasteiger charge is -2.21. The van der Waals surface area contributed by atoms with Crippen molar-refractivity contribution in [3.05, 3.63) is 71.3 Å².